The maximum atomic E-state index is 13.9. The second kappa shape index (κ2) is 6.50. The Morgan fingerprint density at radius 2 is 2.16 bits per heavy atom. The molecule has 0 fully saturated rings. The molecule has 0 aromatic heterocycles. The van der Waals surface area contributed by atoms with Gasteiger partial charge in [-0.3, -0.25) is 4.79 Å². The van der Waals surface area contributed by atoms with E-state index in [0.717, 1.165) is 19.3 Å². The van der Waals surface area contributed by atoms with Crippen molar-refractivity contribution in [3.05, 3.63) is 41.2 Å². The summed E-state index contributed by atoms with van der Waals surface area (Å²) in [4.78, 5) is 12.0. The van der Waals surface area contributed by atoms with Crippen molar-refractivity contribution >= 4 is 5.78 Å². The fourth-order valence-corrected chi connectivity index (χ4v) is 2.44. The van der Waals surface area contributed by atoms with Crippen molar-refractivity contribution in [2.45, 2.75) is 38.5 Å². The van der Waals surface area contributed by atoms with Gasteiger partial charge in [-0.25, -0.2) is 4.39 Å². The largest absolute Gasteiger partial charge is 0.494 e. The first-order valence-corrected chi connectivity index (χ1v) is 6.71. The second-order valence-electron chi connectivity index (χ2n) is 4.93. The molecule has 0 heterocycles. The third-order valence-corrected chi connectivity index (χ3v) is 3.46. The summed E-state index contributed by atoms with van der Waals surface area (Å²) in [7, 11) is 1.43. The van der Waals surface area contributed by atoms with Crippen molar-refractivity contribution in [2.75, 3.05) is 7.11 Å². The van der Waals surface area contributed by atoms with Crippen molar-refractivity contribution in [3.63, 3.8) is 0 Å². The number of ether oxygens (including phenoxy) is 1. The van der Waals surface area contributed by atoms with Gasteiger partial charge in [0, 0.05) is 12.8 Å². The molecule has 0 N–H and O–H groups in total. The van der Waals surface area contributed by atoms with Crippen molar-refractivity contribution < 1.29 is 13.9 Å². The Morgan fingerprint density at radius 3 is 2.84 bits per heavy atom. The summed E-state index contributed by atoms with van der Waals surface area (Å²) in [5.41, 5.74) is 1.63. The minimum atomic E-state index is -0.420. The van der Waals surface area contributed by atoms with Crippen LogP contribution < -0.4 is 4.74 Å². The molecule has 0 aliphatic heterocycles. The quantitative estimate of drug-likeness (QED) is 0.754. The SMILES string of the molecule is COc1cccc(CC(=O)CC2=CCCCC2)c1F. The molecular formula is C16H19FO2. The summed E-state index contributed by atoms with van der Waals surface area (Å²) in [6, 6.07) is 4.92. The molecule has 102 valence electrons. The Kier molecular flexibility index (Phi) is 4.72. The van der Waals surface area contributed by atoms with Crippen LogP contribution in [0.3, 0.4) is 0 Å². The van der Waals surface area contributed by atoms with Gasteiger partial charge in [0.2, 0.25) is 0 Å². The van der Waals surface area contributed by atoms with Gasteiger partial charge >= 0.3 is 0 Å². The summed E-state index contributed by atoms with van der Waals surface area (Å²) in [6.07, 6.45) is 7.19. The number of allylic oxidation sites excluding steroid dienone is 2. The van der Waals surface area contributed by atoms with Gasteiger partial charge < -0.3 is 4.74 Å². The number of carbonyl (C=O) groups is 1. The fourth-order valence-electron chi connectivity index (χ4n) is 2.44. The molecule has 0 unspecified atom stereocenters. The third kappa shape index (κ3) is 3.66. The molecule has 0 spiro atoms. The second-order valence-corrected chi connectivity index (χ2v) is 4.93. The molecule has 0 saturated heterocycles. The van der Waals surface area contributed by atoms with Crippen LogP contribution in [-0.2, 0) is 11.2 Å². The minimum absolute atomic E-state index is 0.0697. The van der Waals surface area contributed by atoms with E-state index in [9.17, 15) is 9.18 Å². The zero-order chi connectivity index (χ0) is 13.7. The van der Waals surface area contributed by atoms with Crippen LogP contribution in [0.4, 0.5) is 4.39 Å². The summed E-state index contributed by atoms with van der Waals surface area (Å²) in [5.74, 6) is -0.154. The maximum Gasteiger partial charge on any atom is 0.168 e. The summed E-state index contributed by atoms with van der Waals surface area (Å²) in [5, 5.41) is 0. The highest BCUT2D eigenvalue weighted by Crippen LogP contribution is 2.23. The standard InChI is InChI=1S/C16H19FO2/c1-19-15-9-5-8-13(16(15)17)11-14(18)10-12-6-3-2-4-7-12/h5-6,8-9H,2-4,7,10-11H2,1H3. The number of hydrogen-bond donors (Lipinski definition) is 0. The number of halogens is 1. The number of rotatable bonds is 5. The molecule has 2 rings (SSSR count). The van der Waals surface area contributed by atoms with Crippen LogP contribution in [0.15, 0.2) is 29.8 Å². The normalized spacial score (nSPS) is 14.9. The molecule has 1 aromatic rings. The van der Waals surface area contributed by atoms with Gasteiger partial charge in [-0.15, -0.1) is 0 Å². The van der Waals surface area contributed by atoms with E-state index in [4.69, 9.17) is 4.74 Å². The zero-order valence-electron chi connectivity index (χ0n) is 11.2. The smallest absolute Gasteiger partial charge is 0.168 e. The number of carbonyl (C=O) groups excluding carboxylic acids is 1. The van der Waals surface area contributed by atoms with Crippen LogP contribution in [0.25, 0.3) is 0 Å². The van der Waals surface area contributed by atoms with Crippen molar-refractivity contribution in [3.8, 4) is 5.75 Å². The van der Waals surface area contributed by atoms with Crippen molar-refractivity contribution in [1.29, 1.82) is 0 Å². The lowest BCUT2D eigenvalue weighted by Gasteiger charge is -2.12. The summed E-state index contributed by atoms with van der Waals surface area (Å²) in [6.45, 7) is 0. The monoisotopic (exact) mass is 262 g/mol. The van der Waals surface area contributed by atoms with Crippen molar-refractivity contribution in [2.24, 2.45) is 0 Å². The molecule has 0 saturated carbocycles. The molecule has 0 amide bonds. The van der Waals surface area contributed by atoms with Crippen LogP contribution in [0.1, 0.15) is 37.7 Å². The lowest BCUT2D eigenvalue weighted by Crippen LogP contribution is -2.07. The first kappa shape index (κ1) is 13.8. The number of ketones is 1. The van der Waals surface area contributed by atoms with Crippen LogP contribution in [0, 0.1) is 5.82 Å². The maximum absolute atomic E-state index is 13.9. The lowest BCUT2D eigenvalue weighted by atomic mass is 9.94. The van der Waals surface area contributed by atoms with Gasteiger partial charge in [0.25, 0.3) is 0 Å². The van der Waals surface area contributed by atoms with E-state index in [2.05, 4.69) is 6.08 Å². The van der Waals surface area contributed by atoms with E-state index in [1.807, 2.05) is 0 Å². The molecule has 3 heteroatoms. The predicted octanol–water partition coefficient (Wildman–Crippen LogP) is 3.84. The predicted molar refractivity (Wildman–Crippen MR) is 72.8 cm³/mol. The molecule has 2 nitrogen and oxygen atoms in total. The van der Waals surface area contributed by atoms with Gasteiger partial charge in [-0.2, -0.15) is 0 Å². The van der Waals surface area contributed by atoms with Crippen molar-refractivity contribution in [1.82, 2.24) is 0 Å². The van der Waals surface area contributed by atoms with Gasteiger partial charge in [0.05, 0.1) is 7.11 Å². The highest BCUT2D eigenvalue weighted by Gasteiger charge is 2.14. The number of Topliss-reactive ketones (excluding diaryl/α,β-unsaturated/α-hetero) is 1. The molecule has 1 aliphatic carbocycles. The minimum Gasteiger partial charge on any atom is -0.494 e. The highest BCUT2D eigenvalue weighted by molar-refractivity contribution is 5.83. The Bertz CT molecular complexity index is 492. The topological polar surface area (TPSA) is 26.3 Å². The first-order chi connectivity index (χ1) is 9.20. The fraction of sp³-hybridized carbons (Fsp3) is 0.438. The third-order valence-electron chi connectivity index (χ3n) is 3.46. The van der Waals surface area contributed by atoms with E-state index in [-0.39, 0.29) is 18.0 Å². The number of methoxy groups -OCH3 is 1. The van der Waals surface area contributed by atoms with Crippen LogP contribution in [-0.4, -0.2) is 12.9 Å². The molecular weight excluding hydrogens is 243 g/mol. The van der Waals surface area contributed by atoms with Gasteiger partial charge in [-0.05, 0) is 37.3 Å². The van der Waals surface area contributed by atoms with E-state index in [0.29, 0.717) is 12.0 Å². The van der Waals surface area contributed by atoms with Gasteiger partial charge in [-0.1, -0.05) is 23.8 Å². The van der Waals surface area contributed by atoms with Crippen LogP contribution in [0.2, 0.25) is 0 Å². The molecule has 1 aromatic carbocycles. The molecule has 19 heavy (non-hydrogen) atoms. The van der Waals surface area contributed by atoms with Gasteiger partial charge in [0.15, 0.2) is 11.6 Å². The Labute approximate surface area is 113 Å². The average molecular weight is 262 g/mol. The lowest BCUT2D eigenvalue weighted by molar-refractivity contribution is -0.117. The number of benzene rings is 1. The van der Waals surface area contributed by atoms with Crippen LogP contribution >= 0.6 is 0 Å². The number of hydrogen-bond acceptors (Lipinski definition) is 2. The molecule has 0 atom stereocenters. The van der Waals surface area contributed by atoms with E-state index in [1.165, 1.54) is 19.1 Å². The Morgan fingerprint density at radius 1 is 1.32 bits per heavy atom. The van der Waals surface area contributed by atoms with E-state index >= 15 is 0 Å². The van der Waals surface area contributed by atoms with E-state index in [1.54, 1.807) is 18.2 Å². The molecule has 1 aliphatic rings. The average Bonchev–Trinajstić information content (AvgIpc) is 2.42. The first-order valence-electron chi connectivity index (χ1n) is 6.71. The highest BCUT2D eigenvalue weighted by atomic mass is 19.1. The van der Waals surface area contributed by atoms with E-state index < -0.39 is 5.82 Å². The Hall–Kier alpha value is -1.64. The molecule has 0 bridgehead atoms. The summed E-state index contributed by atoms with van der Waals surface area (Å²) >= 11 is 0. The molecule has 0 radical (unpaired) electrons. The van der Waals surface area contributed by atoms with Gasteiger partial charge in [0.1, 0.15) is 5.78 Å². The zero-order valence-corrected chi connectivity index (χ0v) is 11.2. The summed E-state index contributed by atoms with van der Waals surface area (Å²) < 4.78 is 18.8. The van der Waals surface area contributed by atoms with Crippen LogP contribution in [0.5, 0.6) is 5.75 Å². The Balaban J connectivity index is 2.00.